The summed E-state index contributed by atoms with van der Waals surface area (Å²) in [6.07, 6.45) is 8.12. The van der Waals surface area contributed by atoms with Crippen LogP contribution in [0.15, 0.2) is 36.4 Å². The maximum atomic E-state index is 13.1. The highest BCUT2D eigenvalue weighted by molar-refractivity contribution is 5.92. The maximum absolute atomic E-state index is 13.1. The fourth-order valence-corrected chi connectivity index (χ4v) is 4.52. The largest absolute Gasteiger partial charge is 0.341 e. The van der Waals surface area contributed by atoms with Crippen molar-refractivity contribution < 1.29 is 4.79 Å². The second-order valence-electron chi connectivity index (χ2n) is 8.52. The van der Waals surface area contributed by atoms with E-state index in [1.54, 1.807) is 0 Å². The molecule has 154 valence electrons. The number of rotatable bonds is 4. The highest BCUT2D eigenvalue weighted by Gasteiger charge is 2.25. The van der Waals surface area contributed by atoms with Gasteiger partial charge in [0, 0.05) is 31.9 Å². The van der Waals surface area contributed by atoms with Crippen molar-refractivity contribution in [3.8, 4) is 0 Å². The SMILES string of the molecule is Cc1cc(C(=O)N2CCC(Cc3ccccc3)CC2)nc(N2CCCCCC2)n1. The van der Waals surface area contributed by atoms with Crippen LogP contribution in [0.25, 0.3) is 0 Å². The van der Waals surface area contributed by atoms with Crippen LogP contribution >= 0.6 is 0 Å². The molecule has 5 nitrogen and oxygen atoms in total. The number of hydrogen-bond acceptors (Lipinski definition) is 4. The number of nitrogens with zero attached hydrogens (tertiary/aromatic N) is 4. The van der Waals surface area contributed by atoms with Crippen LogP contribution < -0.4 is 4.90 Å². The average molecular weight is 393 g/mol. The summed E-state index contributed by atoms with van der Waals surface area (Å²) in [5, 5.41) is 0. The third kappa shape index (κ3) is 5.14. The van der Waals surface area contributed by atoms with Crippen LogP contribution in [0.2, 0.25) is 0 Å². The Morgan fingerprint density at radius 3 is 2.34 bits per heavy atom. The minimum atomic E-state index is 0.0599. The van der Waals surface area contributed by atoms with E-state index in [0.717, 1.165) is 57.1 Å². The minimum Gasteiger partial charge on any atom is -0.341 e. The van der Waals surface area contributed by atoms with Gasteiger partial charge in [-0.05, 0) is 56.6 Å². The van der Waals surface area contributed by atoms with Gasteiger partial charge < -0.3 is 9.80 Å². The highest BCUT2D eigenvalue weighted by atomic mass is 16.2. The van der Waals surface area contributed by atoms with E-state index in [-0.39, 0.29) is 5.91 Å². The van der Waals surface area contributed by atoms with Gasteiger partial charge in [0.15, 0.2) is 0 Å². The summed E-state index contributed by atoms with van der Waals surface area (Å²) >= 11 is 0. The summed E-state index contributed by atoms with van der Waals surface area (Å²) in [6.45, 7) is 5.58. The molecule has 0 bridgehead atoms. The lowest BCUT2D eigenvalue weighted by molar-refractivity contribution is 0.0684. The van der Waals surface area contributed by atoms with E-state index in [9.17, 15) is 4.79 Å². The lowest BCUT2D eigenvalue weighted by Crippen LogP contribution is -2.39. The number of amides is 1. The summed E-state index contributed by atoms with van der Waals surface area (Å²) in [6, 6.07) is 12.5. The molecule has 2 aliphatic rings. The molecule has 0 atom stereocenters. The summed E-state index contributed by atoms with van der Waals surface area (Å²) in [7, 11) is 0. The van der Waals surface area contributed by atoms with Gasteiger partial charge >= 0.3 is 0 Å². The predicted octanol–water partition coefficient (Wildman–Crippen LogP) is 4.26. The molecular formula is C24H32N4O. The van der Waals surface area contributed by atoms with E-state index in [0.29, 0.717) is 11.6 Å². The van der Waals surface area contributed by atoms with Crippen molar-refractivity contribution >= 4 is 11.9 Å². The monoisotopic (exact) mass is 392 g/mol. The van der Waals surface area contributed by atoms with E-state index in [1.807, 2.05) is 17.9 Å². The minimum absolute atomic E-state index is 0.0599. The van der Waals surface area contributed by atoms with Crippen LogP contribution in [0.1, 0.15) is 60.3 Å². The van der Waals surface area contributed by atoms with E-state index >= 15 is 0 Å². The average Bonchev–Trinajstić information content (AvgIpc) is 3.04. The molecule has 4 rings (SSSR count). The second kappa shape index (κ2) is 9.38. The van der Waals surface area contributed by atoms with Crippen LogP contribution in [0.4, 0.5) is 5.95 Å². The Morgan fingerprint density at radius 1 is 0.966 bits per heavy atom. The zero-order valence-corrected chi connectivity index (χ0v) is 17.5. The Morgan fingerprint density at radius 2 is 1.66 bits per heavy atom. The molecule has 2 aliphatic heterocycles. The van der Waals surface area contributed by atoms with Gasteiger partial charge in [-0.1, -0.05) is 43.2 Å². The van der Waals surface area contributed by atoms with Gasteiger partial charge in [0.1, 0.15) is 5.69 Å². The molecule has 0 N–H and O–H groups in total. The number of carbonyl (C=O) groups is 1. The molecule has 2 aromatic rings. The standard InChI is InChI=1S/C24H32N4O/c1-19-17-22(26-24(25-19)28-13-7-2-3-8-14-28)23(29)27-15-11-21(12-16-27)18-20-9-5-4-6-10-20/h4-6,9-10,17,21H,2-3,7-8,11-16,18H2,1H3. The molecule has 2 saturated heterocycles. The zero-order valence-electron chi connectivity index (χ0n) is 17.5. The predicted molar refractivity (Wildman–Crippen MR) is 116 cm³/mol. The van der Waals surface area contributed by atoms with Gasteiger partial charge in [0.2, 0.25) is 5.95 Å². The number of benzene rings is 1. The normalized spacial score (nSPS) is 18.5. The Balaban J connectivity index is 1.39. The summed E-state index contributed by atoms with van der Waals surface area (Å²) in [5.41, 5.74) is 2.82. The number of aromatic nitrogens is 2. The molecular weight excluding hydrogens is 360 g/mol. The van der Waals surface area contributed by atoms with E-state index < -0.39 is 0 Å². The number of piperidine rings is 1. The second-order valence-corrected chi connectivity index (χ2v) is 8.52. The first-order valence-electron chi connectivity index (χ1n) is 11.1. The third-order valence-electron chi connectivity index (χ3n) is 6.22. The number of aryl methyl sites for hydroxylation is 1. The number of carbonyl (C=O) groups excluding carboxylic acids is 1. The van der Waals surface area contributed by atoms with E-state index in [2.05, 4.69) is 45.2 Å². The van der Waals surface area contributed by atoms with Gasteiger partial charge in [-0.25, -0.2) is 9.97 Å². The van der Waals surface area contributed by atoms with Crippen molar-refractivity contribution in [2.75, 3.05) is 31.1 Å². The van der Waals surface area contributed by atoms with E-state index in [1.165, 1.54) is 31.2 Å². The fraction of sp³-hybridized carbons (Fsp3) is 0.542. The maximum Gasteiger partial charge on any atom is 0.272 e. The lowest BCUT2D eigenvalue weighted by atomic mass is 9.90. The molecule has 0 aliphatic carbocycles. The Kier molecular flexibility index (Phi) is 6.43. The van der Waals surface area contributed by atoms with Crippen molar-refractivity contribution in [1.82, 2.24) is 14.9 Å². The number of likely N-dealkylation sites (tertiary alicyclic amines) is 1. The molecule has 1 aromatic carbocycles. The van der Waals surface area contributed by atoms with Crippen molar-refractivity contribution in [2.45, 2.75) is 51.9 Å². The molecule has 1 aromatic heterocycles. The smallest absolute Gasteiger partial charge is 0.272 e. The topological polar surface area (TPSA) is 49.3 Å². The van der Waals surface area contributed by atoms with Crippen molar-refractivity contribution in [3.05, 3.63) is 53.3 Å². The highest BCUT2D eigenvalue weighted by Crippen LogP contribution is 2.23. The van der Waals surface area contributed by atoms with Gasteiger partial charge in [-0.3, -0.25) is 4.79 Å². The molecule has 2 fully saturated rings. The van der Waals surface area contributed by atoms with Gasteiger partial charge in [0.25, 0.3) is 5.91 Å². The van der Waals surface area contributed by atoms with Gasteiger partial charge in [-0.15, -0.1) is 0 Å². The first-order valence-corrected chi connectivity index (χ1v) is 11.1. The first kappa shape index (κ1) is 19.9. The van der Waals surface area contributed by atoms with Crippen LogP contribution in [-0.2, 0) is 6.42 Å². The van der Waals surface area contributed by atoms with Crippen LogP contribution in [0.3, 0.4) is 0 Å². The molecule has 1 amide bonds. The van der Waals surface area contributed by atoms with Crippen LogP contribution in [0.5, 0.6) is 0 Å². The molecule has 0 spiro atoms. The number of anilines is 1. The van der Waals surface area contributed by atoms with Crippen LogP contribution in [0, 0.1) is 12.8 Å². The molecule has 29 heavy (non-hydrogen) atoms. The molecule has 5 heteroatoms. The molecule has 0 saturated carbocycles. The van der Waals surface area contributed by atoms with Gasteiger partial charge in [-0.2, -0.15) is 0 Å². The summed E-state index contributed by atoms with van der Waals surface area (Å²) in [4.78, 5) is 26.7. The third-order valence-corrected chi connectivity index (χ3v) is 6.22. The first-order chi connectivity index (χ1) is 14.2. The van der Waals surface area contributed by atoms with Gasteiger partial charge in [0.05, 0.1) is 0 Å². The van der Waals surface area contributed by atoms with Crippen LogP contribution in [-0.4, -0.2) is 47.0 Å². The quantitative estimate of drug-likeness (QED) is 0.780. The van der Waals surface area contributed by atoms with Crippen molar-refractivity contribution in [2.24, 2.45) is 5.92 Å². The fourth-order valence-electron chi connectivity index (χ4n) is 4.52. The molecule has 0 radical (unpaired) electrons. The van der Waals surface area contributed by atoms with Crippen molar-refractivity contribution in [3.63, 3.8) is 0 Å². The number of hydrogen-bond donors (Lipinski definition) is 0. The Labute approximate surface area is 174 Å². The Hall–Kier alpha value is -2.43. The summed E-state index contributed by atoms with van der Waals surface area (Å²) in [5.74, 6) is 1.44. The zero-order chi connectivity index (χ0) is 20.1. The van der Waals surface area contributed by atoms with Crippen molar-refractivity contribution in [1.29, 1.82) is 0 Å². The van der Waals surface area contributed by atoms with E-state index in [4.69, 9.17) is 0 Å². The summed E-state index contributed by atoms with van der Waals surface area (Å²) < 4.78 is 0. The molecule has 3 heterocycles. The lowest BCUT2D eigenvalue weighted by Gasteiger charge is -2.32. The Bertz CT molecular complexity index is 807. The molecule has 0 unspecified atom stereocenters.